The number of hydrogen-bond donors (Lipinski definition) is 2. The smallest absolute Gasteiger partial charge is 0.338 e. The average Bonchev–Trinajstić information content (AvgIpc) is 2.50. The highest BCUT2D eigenvalue weighted by Gasteiger charge is 2.32. The van der Waals surface area contributed by atoms with E-state index in [1.165, 1.54) is 0 Å². The topological polar surface area (TPSA) is 50.6 Å². The first-order chi connectivity index (χ1) is 10.8. The number of quaternary nitrogens is 1. The standard InChI is InChI=1S/C18H18N2O2/c1-11-8-9-14(19-10-20(2)3)16-15(11)17(21)12-6-4-5-7-13(12)18(16)22/h4-9,19H,10H2,1-3H3/p+1/i/hD. The molecule has 0 unspecified atom stereocenters. The molecule has 4 heteroatoms. The molecule has 0 bridgehead atoms. The van der Waals surface area contributed by atoms with E-state index in [0.717, 1.165) is 5.56 Å². The van der Waals surface area contributed by atoms with E-state index in [1.807, 2.05) is 19.1 Å². The molecule has 0 saturated heterocycles. The molecule has 0 heterocycles. The first-order valence-corrected chi connectivity index (χ1v) is 7.21. The molecule has 0 atom stereocenters. The highest BCUT2D eigenvalue weighted by molar-refractivity contribution is 6.30. The van der Waals surface area contributed by atoms with E-state index in [-0.39, 0.29) is 16.5 Å². The number of nitrogens with one attached hydrogen (secondary N) is 2. The minimum Gasteiger partial charge on any atom is -0.338 e. The normalized spacial score (nSPS) is 14.2. The molecular weight excluding hydrogens is 276 g/mol. The summed E-state index contributed by atoms with van der Waals surface area (Å²) in [6.07, 6.45) is 0. The summed E-state index contributed by atoms with van der Waals surface area (Å²) in [7, 11) is 3.46. The van der Waals surface area contributed by atoms with Crippen LogP contribution in [0.25, 0.3) is 0 Å². The van der Waals surface area contributed by atoms with Crippen molar-refractivity contribution < 1.29 is 15.9 Å². The Bertz CT molecular complexity index is 822. The molecule has 22 heavy (non-hydrogen) atoms. The van der Waals surface area contributed by atoms with Crippen LogP contribution in [0.15, 0.2) is 36.4 Å². The van der Waals surface area contributed by atoms with E-state index in [0.29, 0.717) is 34.6 Å². The molecular formula is C18H19N2O2+. The quantitative estimate of drug-likeness (QED) is 0.716. The fourth-order valence-corrected chi connectivity index (χ4v) is 2.77. The van der Waals surface area contributed by atoms with Crippen LogP contribution in [0.2, 0.25) is 1.41 Å². The van der Waals surface area contributed by atoms with Gasteiger partial charge in [0.25, 0.3) is 0 Å². The Kier molecular flexibility index (Phi) is 3.24. The van der Waals surface area contributed by atoms with Gasteiger partial charge in [0.05, 0.1) is 25.3 Å². The molecule has 0 amide bonds. The van der Waals surface area contributed by atoms with E-state index in [4.69, 9.17) is 1.41 Å². The molecule has 0 aromatic heterocycles. The predicted molar refractivity (Wildman–Crippen MR) is 85.8 cm³/mol. The van der Waals surface area contributed by atoms with Gasteiger partial charge in [-0.15, -0.1) is 0 Å². The zero-order valence-electron chi connectivity index (χ0n) is 13.9. The highest BCUT2D eigenvalue weighted by Crippen LogP contribution is 2.33. The second-order valence-electron chi connectivity index (χ2n) is 5.80. The predicted octanol–water partition coefficient (Wildman–Crippen LogP) is 1.28. The molecule has 0 radical (unpaired) electrons. The number of rotatable bonds is 3. The third-order valence-electron chi connectivity index (χ3n) is 3.87. The number of benzene rings is 2. The van der Waals surface area contributed by atoms with Crippen LogP contribution in [0, 0.1) is 6.92 Å². The summed E-state index contributed by atoms with van der Waals surface area (Å²) in [5.74, 6) is -0.257. The minimum atomic E-state index is -0.142. The van der Waals surface area contributed by atoms with Gasteiger partial charge in [-0.2, -0.15) is 0 Å². The van der Waals surface area contributed by atoms with Crippen molar-refractivity contribution in [1.82, 2.24) is 0 Å². The van der Waals surface area contributed by atoms with Crippen molar-refractivity contribution in [3.63, 3.8) is 0 Å². The molecule has 0 saturated carbocycles. The van der Waals surface area contributed by atoms with Crippen molar-refractivity contribution >= 4 is 17.3 Å². The van der Waals surface area contributed by atoms with Crippen LogP contribution in [0.1, 0.15) is 37.4 Å². The second kappa shape index (κ2) is 5.39. The molecule has 2 aromatic carbocycles. The van der Waals surface area contributed by atoms with Gasteiger partial charge < -0.3 is 10.2 Å². The Hall–Kier alpha value is -2.46. The minimum absolute atomic E-state index is 0.0403. The molecule has 0 aliphatic heterocycles. The summed E-state index contributed by atoms with van der Waals surface area (Å²) < 4.78 is 7.89. The van der Waals surface area contributed by atoms with Gasteiger partial charge >= 0.3 is 1.41 Å². The lowest BCUT2D eigenvalue weighted by molar-refractivity contribution is -0.854. The molecule has 3 rings (SSSR count). The average molecular weight is 296 g/mol. The van der Waals surface area contributed by atoms with Crippen molar-refractivity contribution in [2.45, 2.75) is 6.92 Å². The first kappa shape index (κ1) is 13.2. The number of carbonyl (C=O) groups is 2. The van der Waals surface area contributed by atoms with Crippen molar-refractivity contribution in [2.75, 3.05) is 26.1 Å². The maximum absolute atomic E-state index is 12.9. The number of hydrogen-bond acceptors (Lipinski definition) is 3. The van der Waals surface area contributed by atoms with E-state index in [9.17, 15) is 9.59 Å². The summed E-state index contributed by atoms with van der Waals surface area (Å²) >= 11 is 0. The molecule has 2 N–H and O–H groups in total. The molecule has 2 aromatic rings. The Morgan fingerprint density at radius 1 is 1.00 bits per heavy atom. The van der Waals surface area contributed by atoms with Gasteiger partial charge in [-0.3, -0.25) is 9.59 Å². The Morgan fingerprint density at radius 3 is 2.18 bits per heavy atom. The third kappa shape index (κ3) is 2.22. The number of aryl methyl sites for hydroxylation is 1. The number of ketones is 2. The molecule has 0 fully saturated rings. The molecule has 1 aliphatic carbocycles. The van der Waals surface area contributed by atoms with E-state index >= 15 is 0 Å². The van der Waals surface area contributed by atoms with Crippen molar-refractivity contribution in [1.29, 1.82) is 0 Å². The Labute approximate surface area is 131 Å². The van der Waals surface area contributed by atoms with Crippen LogP contribution in [0.4, 0.5) is 5.69 Å². The SMILES string of the molecule is [2H][N+](C)(C)CNc1ccc(C)c2c1C(=O)c1ccccc1C2=O. The van der Waals surface area contributed by atoms with Gasteiger partial charge in [0.2, 0.25) is 0 Å². The van der Waals surface area contributed by atoms with Crippen LogP contribution in [-0.2, 0) is 0 Å². The van der Waals surface area contributed by atoms with Crippen LogP contribution in [0.3, 0.4) is 0 Å². The first-order valence-electron chi connectivity index (χ1n) is 7.66. The van der Waals surface area contributed by atoms with E-state index in [2.05, 4.69) is 5.32 Å². The van der Waals surface area contributed by atoms with Crippen LogP contribution < -0.4 is 10.2 Å². The largest absolute Gasteiger partial charge is 0.349 e. The second-order valence-corrected chi connectivity index (χ2v) is 5.80. The fraction of sp³-hybridized carbons (Fsp3) is 0.222. The lowest BCUT2D eigenvalue weighted by atomic mass is 9.81. The number of anilines is 1. The van der Waals surface area contributed by atoms with E-state index < -0.39 is 0 Å². The molecule has 0 spiro atoms. The van der Waals surface area contributed by atoms with E-state index in [1.54, 1.807) is 38.4 Å². The summed E-state index contributed by atoms with van der Waals surface area (Å²) in [6, 6.07) is 10.6. The summed E-state index contributed by atoms with van der Waals surface area (Å²) in [4.78, 5) is 25.7. The van der Waals surface area contributed by atoms with Crippen LogP contribution in [-0.4, -0.2) is 32.3 Å². The number of carbonyl (C=O) groups excluding carboxylic acids is 2. The van der Waals surface area contributed by atoms with Crippen molar-refractivity contribution in [3.05, 3.63) is 64.2 Å². The fourth-order valence-electron chi connectivity index (χ4n) is 2.77. The number of fused-ring (bicyclic) bond motifs is 2. The molecule has 4 nitrogen and oxygen atoms in total. The van der Waals surface area contributed by atoms with Gasteiger partial charge in [-0.05, 0) is 18.6 Å². The zero-order chi connectivity index (χ0) is 16.8. The van der Waals surface area contributed by atoms with Crippen molar-refractivity contribution in [3.8, 4) is 0 Å². The Balaban J connectivity index is 2.15. The van der Waals surface area contributed by atoms with Crippen molar-refractivity contribution in [2.24, 2.45) is 0 Å². The maximum Gasteiger partial charge on any atom is 0.349 e. The maximum atomic E-state index is 12.9. The summed E-state index contributed by atoms with van der Waals surface area (Å²) in [6.45, 7) is 2.17. The van der Waals surface area contributed by atoms with Gasteiger partial charge in [-0.25, -0.2) is 0 Å². The third-order valence-corrected chi connectivity index (χ3v) is 3.87. The monoisotopic (exact) mass is 296 g/mol. The van der Waals surface area contributed by atoms with Gasteiger partial charge in [0.15, 0.2) is 11.6 Å². The highest BCUT2D eigenvalue weighted by atomic mass is 16.1. The molecule has 1 aliphatic rings. The zero-order valence-corrected chi connectivity index (χ0v) is 12.9. The molecule has 112 valence electrons. The Morgan fingerprint density at radius 2 is 1.59 bits per heavy atom. The lowest BCUT2D eigenvalue weighted by Crippen LogP contribution is -3.06. The lowest BCUT2D eigenvalue weighted by Gasteiger charge is -2.22. The van der Waals surface area contributed by atoms with Gasteiger partial charge in [0.1, 0.15) is 6.67 Å². The summed E-state index contributed by atoms with van der Waals surface area (Å²) in [5.41, 5.74) is 3.19. The van der Waals surface area contributed by atoms with Crippen LogP contribution in [0.5, 0.6) is 0 Å². The van der Waals surface area contributed by atoms with Crippen LogP contribution >= 0.6 is 0 Å². The van der Waals surface area contributed by atoms with Gasteiger partial charge in [-0.1, -0.05) is 30.3 Å². The summed E-state index contributed by atoms with van der Waals surface area (Å²) in [5, 5.41) is 3.13. The van der Waals surface area contributed by atoms with Gasteiger partial charge in [0, 0.05) is 16.7 Å².